The summed E-state index contributed by atoms with van der Waals surface area (Å²) in [5, 5.41) is 10.3. The Kier molecular flexibility index (Phi) is 6.59. The Morgan fingerprint density at radius 1 is 0.903 bits per heavy atom. The van der Waals surface area contributed by atoms with Crippen molar-refractivity contribution < 1.29 is 5.11 Å². The smallest absolute Gasteiger partial charge is 0.0577 e. The average Bonchev–Trinajstić information content (AvgIpc) is 3.05. The molecule has 0 aromatic rings. The monoisotopic (exact) mass is 426 g/mol. The highest BCUT2D eigenvalue weighted by Gasteiger charge is 2.58. The molecule has 4 aliphatic rings. The molecule has 8 atom stereocenters. The summed E-state index contributed by atoms with van der Waals surface area (Å²) in [6.45, 7) is 17.3. The molecule has 1 N–H and O–H groups in total. The van der Waals surface area contributed by atoms with Crippen molar-refractivity contribution in [3.63, 3.8) is 0 Å². The Morgan fingerprint density at radius 2 is 1.61 bits per heavy atom. The van der Waals surface area contributed by atoms with E-state index in [0.717, 1.165) is 48.3 Å². The predicted octanol–water partition coefficient (Wildman–Crippen LogP) is 8.05. The van der Waals surface area contributed by atoms with Gasteiger partial charge in [0.25, 0.3) is 0 Å². The summed E-state index contributed by atoms with van der Waals surface area (Å²) in [5.41, 5.74) is 2.50. The van der Waals surface area contributed by atoms with Gasteiger partial charge in [-0.1, -0.05) is 72.3 Å². The largest absolute Gasteiger partial charge is 0.393 e. The first-order chi connectivity index (χ1) is 14.6. The van der Waals surface area contributed by atoms with Gasteiger partial charge >= 0.3 is 0 Å². The number of allylic oxidation sites excluding steroid dienone is 3. The lowest BCUT2D eigenvalue weighted by Crippen LogP contribution is -2.50. The van der Waals surface area contributed by atoms with Crippen LogP contribution in [0.3, 0.4) is 0 Å². The van der Waals surface area contributed by atoms with Crippen molar-refractivity contribution in [2.75, 3.05) is 0 Å². The fourth-order valence-electron chi connectivity index (χ4n) is 9.20. The van der Waals surface area contributed by atoms with E-state index in [4.69, 9.17) is 0 Å². The summed E-state index contributed by atoms with van der Waals surface area (Å²) in [6, 6.07) is 0. The van der Waals surface area contributed by atoms with E-state index >= 15 is 0 Å². The Balaban J connectivity index is 1.52. The summed E-state index contributed by atoms with van der Waals surface area (Å²) in [4.78, 5) is 0. The number of aliphatic hydroxyl groups excluding tert-OH is 1. The first-order valence-electron chi connectivity index (χ1n) is 13.6. The standard InChI is InChI=1S/C30H50O/c1-19(2)24(20(3)4)10-8-21(5)26-12-13-27-25-11-9-22-18-23(31)14-16-29(22,6)28(25)15-17-30(26,27)7/h8-10,19-21,23-28,31H,11-18H2,1-7H3/t21-,23+,25+,26-,27+,28+,29+,30-/m1/s1. The highest BCUT2D eigenvalue weighted by molar-refractivity contribution is 5.25. The second-order valence-electron chi connectivity index (χ2n) is 13.2. The van der Waals surface area contributed by atoms with Crippen LogP contribution in [0, 0.1) is 58.2 Å². The molecule has 0 radical (unpaired) electrons. The summed E-state index contributed by atoms with van der Waals surface area (Å²) in [7, 11) is 0. The van der Waals surface area contributed by atoms with Crippen molar-refractivity contribution in [1.29, 1.82) is 0 Å². The van der Waals surface area contributed by atoms with Crippen molar-refractivity contribution in [1.82, 2.24) is 0 Å². The quantitative estimate of drug-likeness (QED) is 0.441. The van der Waals surface area contributed by atoms with Crippen LogP contribution in [0.1, 0.15) is 99.8 Å². The molecule has 0 aromatic heterocycles. The second kappa shape index (κ2) is 8.66. The number of rotatable bonds is 5. The van der Waals surface area contributed by atoms with Crippen LogP contribution in [-0.4, -0.2) is 11.2 Å². The van der Waals surface area contributed by atoms with E-state index < -0.39 is 0 Å². The van der Waals surface area contributed by atoms with Crippen LogP contribution >= 0.6 is 0 Å². The third-order valence-electron chi connectivity index (χ3n) is 11.0. The van der Waals surface area contributed by atoms with Crippen molar-refractivity contribution in [2.45, 2.75) is 106 Å². The minimum atomic E-state index is -0.0891. The molecule has 0 saturated heterocycles. The molecule has 0 aliphatic heterocycles. The molecule has 176 valence electrons. The molecule has 0 heterocycles. The molecule has 0 aromatic carbocycles. The third kappa shape index (κ3) is 4.00. The Morgan fingerprint density at radius 3 is 2.29 bits per heavy atom. The fraction of sp³-hybridized carbons (Fsp3) is 0.867. The molecule has 0 bridgehead atoms. The van der Waals surface area contributed by atoms with Gasteiger partial charge in [-0.25, -0.2) is 0 Å². The third-order valence-corrected chi connectivity index (χ3v) is 11.0. The Hall–Kier alpha value is -0.560. The molecular formula is C30H50O. The molecule has 3 fully saturated rings. The van der Waals surface area contributed by atoms with Gasteiger partial charge in [-0.3, -0.25) is 0 Å². The van der Waals surface area contributed by atoms with Crippen LogP contribution in [-0.2, 0) is 0 Å². The van der Waals surface area contributed by atoms with Crippen LogP contribution in [0.4, 0.5) is 0 Å². The van der Waals surface area contributed by atoms with Crippen LogP contribution in [0.2, 0.25) is 0 Å². The molecule has 31 heavy (non-hydrogen) atoms. The summed E-state index contributed by atoms with van der Waals surface area (Å²) >= 11 is 0. The van der Waals surface area contributed by atoms with E-state index in [0.29, 0.717) is 22.7 Å². The lowest BCUT2D eigenvalue weighted by atomic mass is 9.47. The van der Waals surface area contributed by atoms with Gasteiger partial charge in [0.2, 0.25) is 0 Å². The average molecular weight is 427 g/mol. The summed E-state index contributed by atoms with van der Waals surface area (Å²) < 4.78 is 0. The minimum absolute atomic E-state index is 0.0891. The van der Waals surface area contributed by atoms with Gasteiger partial charge in [0, 0.05) is 0 Å². The minimum Gasteiger partial charge on any atom is -0.393 e. The molecule has 3 saturated carbocycles. The van der Waals surface area contributed by atoms with Crippen molar-refractivity contribution >= 4 is 0 Å². The van der Waals surface area contributed by atoms with Crippen molar-refractivity contribution in [2.24, 2.45) is 58.2 Å². The number of fused-ring (bicyclic) bond motifs is 5. The maximum atomic E-state index is 10.3. The van der Waals surface area contributed by atoms with Gasteiger partial charge < -0.3 is 5.11 Å². The van der Waals surface area contributed by atoms with Gasteiger partial charge in [0.1, 0.15) is 0 Å². The molecule has 0 spiro atoms. The molecule has 4 aliphatic carbocycles. The first-order valence-corrected chi connectivity index (χ1v) is 13.6. The van der Waals surface area contributed by atoms with Crippen LogP contribution in [0.5, 0.6) is 0 Å². The van der Waals surface area contributed by atoms with E-state index in [1.807, 2.05) is 0 Å². The Bertz CT molecular complexity index is 693. The molecule has 4 rings (SSSR count). The van der Waals surface area contributed by atoms with Crippen LogP contribution < -0.4 is 0 Å². The molecular weight excluding hydrogens is 376 g/mol. The second-order valence-corrected chi connectivity index (χ2v) is 13.2. The summed E-state index contributed by atoms with van der Waals surface area (Å²) in [5.74, 6) is 6.33. The normalized spacial score (nSPS) is 43.8. The molecule has 0 amide bonds. The van der Waals surface area contributed by atoms with Gasteiger partial charge in [-0.2, -0.15) is 0 Å². The first kappa shape index (κ1) is 23.6. The van der Waals surface area contributed by atoms with Gasteiger partial charge in [-0.05, 0) is 110 Å². The fourth-order valence-corrected chi connectivity index (χ4v) is 9.20. The maximum absolute atomic E-state index is 10.3. The highest BCUT2D eigenvalue weighted by Crippen LogP contribution is 2.67. The zero-order valence-corrected chi connectivity index (χ0v) is 21.5. The van der Waals surface area contributed by atoms with E-state index in [2.05, 4.69) is 66.7 Å². The van der Waals surface area contributed by atoms with E-state index in [-0.39, 0.29) is 6.10 Å². The zero-order valence-electron chi connectivity index (χ0n) is 21.5. The highest BCUT2D eigenvalue weighted by atomic mass is 16.3. The molecule has 1 nitrogen and oxygen atoms in total. The van der Waals surface area contributed by atoms with Gasteiger partial charge in [0.15, 0.2) is 0 Å². The number of aliphatic hydroxyl groups is 1. The lowest BCUT2D eigenvalue weighted by molar-refractivity contribution is -0.0540. The van der Waals surface area contributed by atoms with E-state index in [9.17, 15) is 5.11 Å². The van der Waals surface area contributed by atoms with Crippen LogP contribution in [0.15, 0.2) is 23.8 Å². The van der Waals surface area contributed by atoms with Crippen LogP contribution in [0.25, 0.3) is 0 Å². The van der Waals surface area contributed by atoms with Gasteiger partial charge in [-0.15, -0.1) is 0 Å². The maximum Gasteiger partial charge on any atom is 0.0577 e. The SMILES string of the molecule is CC(C)C(C=C[C@@H](C)[C@H]1CC[C@H]2[C@@H]3CC=C4C[C@@H](O)CC[C@]4(C)[C@H]3CC[C@]12C)C(C)C. The predicted molar refractivity (Wildman–Crippen MR) is 133 cm³/mol. The summed E-state index contributed by atoms with van der Waals surface area (Å²) in [6.07, 6.45) is 17.8. The van der Waals surface area contributed by atoms with E-state index in [1.54, 1.807) is 5.57 Å². The van der Waals surface area contributed by atoms with Gasteiger partial charge in [0.05, 0.1) is 6.10 Å². The molecule has 0 unspecified atom stereocenters. The zero-order chi connectivity index (χ0) is 22.6. The topological polar surface area (TPSA) is 20.2 Å². The van der Waals surface area contributed by atoms with Crippen molar-refractivity contribution in [3.05, 3.63) is 23.8 Å². The van der Waals surface area contributed by atoms with Crippen molar-refractivity contribution in [3.8, 4) is 0 Å². The number of hydrogen-bond acceptors (Lipinski definition) is 1. The Labute approximate surface area is 193 Å². The number of hydrogen-bond donors (Lipinski definition) is 1. The lowest BCUT2D eigenvalue weighted by Gasteiger charge is -2.58. The van der Waals surface area contributed by atoms with E-state index in [1.165, 1.54) is 38.5 Å². The molecule has 1 heteroatoms.